The fraction of sp³-hybridized carbons (Fsp3) is 0.562. The van der Waals surface area contributed by atoms with Gasteiger partial charge in [-0.2, -0.15) is 0 Å². The van der Waals surface area contributed by atoms with E-state index in [0.717, 1.165) is 36.2 Å². The number of hydrogen-bond donors (Lipinski definition) is 1. The van der Waals surface area contributed by atoms with Crippen molar-refractivity contribution in [2.45, 2.75) is 32.6 Å². The smallest absolute Gasteiger partial charge is 0.321 e. The highest BCUT2D eigenvalue weighted by molar-refractivity contribution is 5.90. The van der Waals surface area contributed by atoms with E-state index in [1.54, 1.807) is 0 Å². The molecule has 1 heterocycles. The van der Waals surface area contributed by atoms with E-state index >= 15 is 0 Å². The Hall–Kier alpha value is -1.51. The number of aryl methyl sites for hydroxylation is 1. The van der Waals surface area contributed by atoms with Gasteiger partial charge >= 0.3 is 6.03 Å². The minimum Gasteiger partial charge on any atom is -0.324 e. The molecule has 1 aliphatic carbocycles. The molecule has 102 valence electrons. The first-order valence-electron chi connectivity index (χ1n) is 7.35. The second-order valence-electron chi connectivity index (χ2n) is 5.95. The van der Waals surface area contributed by atoms with Crippen molar-refractivity contribution in [3.05, 3.63) is 29.8 Å². The lowest BCUT2D eigenvalue weighted by molar-refractivity contribution is 0.220. The lowest BCUT2D eigenvalue weighted by Crippen LogP contribution is -2.33. The summed E-state index contributed by atoms with van der Waals surface area (Å²) in [5.74, 6) is 1.49. The van der Waals surface area contributed by atoms with E-state index < -0.39 is 0 Å². The van der Waals surface area contributed by atoms with E-state index in [2.05, 4.69) is 5.32 Å². The second-order valence-corrected chi connectivity index (χ2v) is 5.95. The Labute approximate surface area is 115 Å². The number of hydrogen-bond acceptors (Lipinski definition) is 1. The zero-order chi connectivity index (χ0) is 13.2. The Bertz CT molecular complexity index is 458. The molecule has 0 aromatic heterocycles. The average Bonchev–Trinajstić information content (AvgIpc) is 2.85. The molecule has 2 aliphatic rings. The molecule has 1 saturated heterocycles. The van der Waals surface area contributed by atoms with Crippen LogP contribution in [-0.2, 0) is 0 Å². The van der Waals surface area contributed by atoms with Gasteiger partial charge in [-0.15, -0.1) is 0 Å². The van der Waals surface area contributed by atoms with Gasteiger partial charge in [0, 0.05) is 18.8 Å². The molecule has 0 spiro atoms. The van der Waals surface area contributed by atoms with Gasteiger partial charge in [-0.3, -0.25) is 0 Å². The van der Waals surface area contributed by atoms with Crippen LogP contribution in [0.25, 0.3) is 0 Å². The van der Waals surface area contributed by atoms with Gasteiger partial charge in [0.15, 0.2) is 0 Å². The van der Waals surface area contributed by atoms with Crippen LogP contribution in [0.4, 0.5) is 10.5 Å². The van der Waals surface area contributed by atoms with Crippen LogP contribution in [0, 0.1) is 18.8 Å². The second kappa shape index (κ2) is 5.24. The first kappa shape index (κ1) is 12.5. The first-order chi connectivity index (χ1) is 9.24. The monoisotopic (exact) mass is 258 g/mol. The molecule has 0 radical (unpaired) electrons. The topological polar surface area (TPSA) is 32.3 Å². The van der Waals surface area contributed by atoms with Crippen molar-refractivity contribution in [3.63, 3.8) is 0 Å². The molecular weight excluding hydrogens is 236 g/mol. The molecule has 2 unspecified atom stereocenters. The first-order valence-corrected chi connectivity index (χ1v) is 7.35. The Morgan fingerprint density at radius 2 is 1.79 bits per heavy atom. The van der Waals surface area contributed by atoms with Gasteiger partial charge < -0.3 is 10.2 Å². The molecule has 3 heteroatoms. The van der Waals surface area contributed by atoms with Gasteiger partial charge in [0.2, 0.25) is 0 Å². The fourth-order valence-electron chi connectivity index (χ4n) is 3.48. The van der Waals surface area contributed by atoms with Gasteiger partial charge in [0.1, 0.15) is 0 Å². The summed E-state index contributed by atoms with van der Waals surface area (Å²) in [5, 5.41) is 3.05. The zero-order valence-corrected chi connectivity index (χ0v) is 11.6. The predicted molar refractivity (Wildman–Crippen MR) is 77.2 cm³/mol. The van der Waals surface area contributed by atoms with Crippen molar-refractivity contribution in [1.82, 2.24) is 4.90 Å². The molecule has 3 rings (SSSR count). The molecule has 2 fully saturated rings. The van der Waals surface area contributed by atoms with Crippen molar-refractivity contribution in [3.8, 4) is 0 Å². The fourth-order valence-corrected chi connectivity index (χ4v) is 3.48. The standard InChI is InChI=1S/C16H22N2O/c1-12-6-2-5-9-15(12)17-16(19)18-10-13-7-3-4-8-14(13)11-18/h2,5-6,9,13-14H,3-4,7-8,10-11H2,1H3,(H,17,19). The van der Waals surface area contributed by atoms with Crippen LogP contribution in [0.1, 0.15) is 31.2 Å². The maximum atomic E-state index is 12.3. The lowest BCUT2D eigenvalue weighted by atomic mass is 9.82. The summed E-state index contributed by atoms with van der Waals surface area (Å²) in [6.45, 7) is 3.92. The number of nitrogens with zero attached hydrogens (tertiary/aromatic N) is 1. The molecule has 0 bridgehead atoms. The summed E-state index contributed by atoms with van der Waals surface area (Å²) in [5.41, 5.74) is 2.05. The number of fused-ring (bicyclic) bond motifs is 1. The van der Waals surface area contributed by atoms with E-state index in [1.165, 1.54) is 25.7 Å². The largest absolute Gasteiger partial charge is 0.324 e. The molecule has 2 amide bonds. The lowest BCUT2D eigenvalue weighted by Gasteiger charge is -2.22. The zero-order valence-electron chi connectivity index (χ0n) is 11.6. The number of likely N-dealkylation sites (tertiary alicyclic amines) is 1. The van der Waals surface area contributed by atoms with Crippen molar-refractivity contribution >= 4 is 11.7 Å². The molecule has 1 saturated carbocycles. The van der Waals surface area contributed by atoms with E-state index in [4.69, 9.17) is 0 Å². The maximum absolute atomic E-state index is 12.3. The van der Waals surface area contributed by atoms with Crippen LogP contribution in [0.5, 0.6) is 0 Å². The van der Waals surface area contributed by atoms with Crippen molar-refractivity contribution in [2.75, 3.05) is 18.4 Å². The third-order valence-electron chi connectivity index (χ3n) is 4.65. The van der Waals surface area contributed by atoms with Crippen LogP contribution >= 0.6 is 0 Å². The van der Waals surface area contributed by atoms with Crippen molar-refractivity contribution in [1.29, 1.82) is 0 Å². The number of benzene rings is 1. The number of amides is 2. The Kier molecular flexibility index (Phi) is 3.45. The highest BCUT2D eigenvalue weighted by Gasteiger charge is 2.36. The van der Waals surface area contributed by atoms with Gasteiger partial charge in [-0.25, -0.2) is 4.79 Å². The number of rotatable bonds is 1. The summed E-state index contributed by atoms with van der Waals surface area (Å²) in [6.07, 6.45) is 5.29. The molecule has 1 aliphatic heterocycles. The van der Waals surface area contributed by atoms with Crippen molar-refractivity contribution in [2.24, 2.45) is 11.8 Å². The summed E-state index contributed by atoms with van der Waals surface area (Å²) in [6, 6.07) is 8.03. The molecular formula is C16H22N2O. The quantitative estimate of drug-likeness (QED) is 0.819. The van der Waals surface area contributed by atoms with E-state index in [-0.39, 0.29) is 6.03 Å². The average molecular weight is 258 g/mol. The third kappa shape index (κ3) is 2.60. The van der Waals surface area contributed by atoms with Crippen LogP contribution in [-0.4, -0.2) is 24.0 Å². The molecule has 1 aromatic rings. The number of carbonyl (C=O) groups excluding carboxylic acids is 1. The Morgan fingerprint density at radius 1 is 1.16 bits per heavy atom. The van der Waals surface area contributed by atoms with Crippen LogP contribution < -0.4 is 5.32 Å². The van der Waals surface area contributed by atoms with Gasteiger partial charge in [-0.05, 0) is 43.2 Å². The van der Waals surface area contributed by atoms with E-state index in [0.29, 0.717) is 0 Å². The van der Waals surface area contributed by atoms with Gasteiger partial charge in [0.25, 0.3) is 0 Å². The SMILES string of the molecule is Cc1ccccc1NC(=O)N1CC2CCCCC2C1. The van der Waals surface area contributed by atoms with E-state index in [9.17, 15) is 4.79 Å². The normalized spacial score (nSPS) is 26.1. The molecule has 1 aromatic carbocycles. The summed E-state index contributed by atoms with van der Waals surface area (Å²) < 4.78 is 0. The van der Waals surface area contributed by atoms with Crippen LogP contribution in [0.2, 0.25) is 0 Å². The highest BCUT2D eigenvalue weighted by Crippen LogP contribution is 2.36. The minimum absolute atomic E-state index is 0.0729. The number of nitrogens with one attached hydrogen (secondary N) is 1. The molecule has 2 atom stereocenters. The van der Waals surface area contributed by atoms with Gasteiger partial charge in [-0.1, -0.05) is 31.0 Å². The number of anilines is 1. The highest BCUT2D eigenvalue weighted by atomic mass is 16.2. The van der Waals surface area contributed by atoms with Crippen LogP contribution in [0.3, 0.4) is 0 Å². The molecule has 3 nitrogen and oxygen atoms in total. The Morgan fingerprint density at radius 3 is 2.42 bits per heavy atom. The van der Waals surface area contributed by atoms with Gasteiger partial charge in [0.05, 0.1) is 0 Å². The van der Waals surface area contributed by atoms with Crippen molar-refractivity contribution < 1.29 is 4.79 Å². The van der Waals surface area contributed by atoms with Crippen LogP contribution in [0.15, 0.2) is 24.3 Å². The number of urea groups is 1. The summed E-state index contributed by atoms with van der Waals surface area (Å²) >= 11 is 0. The number of carbonyl (C=O) groups is 1. The summed E-state index contributed by atoms with van der Waals surface area (Å²) in [4.78, 5) is 14.3. The Balaban J connectivity index is 1.64. The third-order valence-corrected chi connectivity index (χ3v) is 4.65. The maximum Gasteiger partial charge on any atom is 0.321 e. The molecule has 19 heavy (non-hydrogen) atoms. The minimum atomic E-state index is 0.0729. The summed E-state index contributed by atoms with van der Waals surface area (Å²) in [7, 11) is 0. The number of para-hydroxylation sites is 1. The van der Waals surface area contributed by atoms with E-state index in [1.807, 2.05) is 36.1 Å². The molecule has 1 N–H and O–H groups in total. The predicted octanol–water partition coefficient (Wildman–Crippen LogP) is 3.65.